The Morgan fingerprint density at radius 2 is 2.10 bits per heavy atom. The molecule has 4 nitrogen and oxygen atoms in total. The highest BCUT2D eigenvalue weighted by Gasteiger charge is 1.97. The Bertz CT molecular complexity index is 180. The molecule has 10 heavy (non-hydrogen) atoms. The van der Waals surface area contributed by atoms with Gasteiger partial charge in [-0.25, -0.2) is 10.8 Å². The highest BCUT2D eigenvalue weighted by molar-refractivity contribution is 5.34. The van der Waals surface area contributed by atoms with Crippen LogP contribution >= 0.6 is 0 Å². The SMILES string of the molecule is C=N/C(NN)=C(/N)C(=C)C. The summed E-state index contributed by atoms with van der Waals surface area (Å²) in [5.41, 5.74) is 8.92. The van der Waals surface area contributed by atoms with Gasteiger partial charge in [-0.2, -0.15) is 0 Å². The molecule has 0 aromatic rings. The zero-order valence-corrected chi connectivity index (χ0v) is 6.02. The molecular weight excluding hydrogens is 128 g/mol. The molecule has 0 fully saturated rings. The minimum Gasteiger partial charge on any atom is -0.396 e. The molecule has 0 atom stereocenters. The quantitative estimate of drug-likeness (QED) is 0.221. The van der Waals surface area contributed by atoms with Crippen LogP contribution in [0.2, 0.25) is 0 Å². The van der Waals surface area contributed by atoms with E-state index in [4.69, 9.17) is 11.6 Å². The maximum atomic E-state index is 5.49. The average Bonchev–Trinajstić information content (AvgIpc) is 1.90. The lowest BCUT2D eigenvalue weighted by Crippen LogP contribution is -2.23. The zero-order chi connectivity index (χ0) is 8.15. The Balaban J connectivity index is 4.59. The molecule has 0 rings (SSSR count). The van der Waals surface area contributed by atoms with Crippen molar-refractivity contribution < 1.29 is 0 Å². The zero-order valence-electron chi connectivity index (χ0n) is 6.02. The summed E-state index contributed by atoms with van der Waals surface area (Å²) in [5.74, 6) is 5.41. The molecule has 0 aliphatic carbocycles. The van der Waals surface area contributed by atoms with E-state index in [-0.39, 0.29) is 0 Å². The van der Waals surface area contributed by atoms with Crippen LogP contribution in [-0.4, -0.2) is 6.72 Å². The van der Waals surface area contributed by atoms with Crippen LogP contribution < -0.4 is 17.0 Å². The first-order valence-electron chi connectivity index (χ1n) is 2.72. The van der Waals surface area contributed by atoms with Crippen LogP contribution in [0.1, 0.15) is 6.92 Å². The molecular formula is C6H12N4. The monoisotopic (exact) mass is 140 g/mol. The summed E-state index contributed by atoms with van der Waals surface area (Å²) in [5, 5.41) is 0. The number of nitrogens with zero attached hydrogens (tertiary/aromatic N) is 1. The highest BCUT2D eigenvalue weighted by atomic mass is 15.3. The smallest absolute Gasteiger partial charge is 0.162 e. The van der Waals surface area contributed by atoms with Crippen molar-refractivity contribution in [3.05, 3.63) is 23.7 Å². The average molecular weight is 140 g/mol. The lowest BCUT2D eigenvalue weighted by Gasteiger charge is -2.04. The molecule has 0 saturated carbocycles. The van der Waals surface area contributed by atoms with Gasteiger partial charge in [-0.1, -0.05) is 6.58 Å². The number of hydrogen-bond acceptors (Lipinski definition) is 4. The van der Waals surface area contributed by atoms with Crippen LogP contribution in [0.3, 0.4) is 0 Å². The van der Waals surface area contributed by atoms with Crippen molar-refractivity contribution in [1.29, 1.82) is 0 Å². The first-order valence-corrected chi connectivity index (χ1v) is 2.72. The molecule has 0 aromatic heterocycles. The van der Waals surface area contributed by atoms with Gasteiger partial charge >= 0.3 is 0 Å². The van der Waals surface area contributed by atoms with Crippen molar-refractivity contribution in [3.8, 4) is 0 Å². The summed E-state index contributed by atoms with van der Waals surface area (Å²) < 4.78 is 0. The summed E-state index contributed by atoms with van der Waals surface area (Å²) in [6.45, 7) is 8.63. The van der Waals surface area contributed by atoms with Crippen molar-refractivity contribution in [1.82, 2.24) is 5.43 Å². The predicted molar refractivity (Wildman–Crippen MR) is 42.9 cm³/mol. The summed E-state index contributed by atoms with van der Waals surface area (Å²) >= 11 is 0. The van der Waals surface area contributed by atoms with Crippen LogP contribution in [0.15, 0.2) is 28.7 Å². The Labute approximate surface area is 60.3 Å². The summed E-state index contributed by atoms with van der Waals surface area (Å²) in [7, 11) is 0. The number of allylic oxidation sites excluding steroid dienone is 1. The fourth-order valence-corrected chi connectivity index (χ4v) is 0.411. The molecule has 56 valence electrons. The third-order valence-corrected chi connectivity index (χ3v) is 1.01. The van der Waals surface area contributed by atoms with E-state index in [2.05, 4.69) is 23.7 Å². The van der Waals surface area contributed by atoms with Crippen molar-refractivity contribution in [3.63, 3.8) is 0 Å². The molecule has 0 aliphatic heterocycles. The molecule has 0 amide bonds. The number of hydrogen-bond donors (Lipinski definition) is 3. The molecule has 4 heteroatoms. The van der Waals surface area contributed by atoms with Gasteiger partial charge in [0.1, 0.15) is 0 Å². The Morgan fingerprint density at radius 1 is 1.60 bits per heavy atom. The second-order valence-electron chi connectivity index (χ2n) is 1.85. The summed E-state index contributed by atoms with van der Waals surface area (Å²) in [4.78, 5) is 3.54. The van der Waals surface area contributed by atoms with E-state index in [1.54, 1.807) is 6.92 Å². The molecule has 0 bridgehead atoms. The topological polar surface area (TPSA) is 76.4 Å². The van der Waals surface area contributed by atoms with Crippen LogP contribution in [0, 0.1) is 0 Å². The molecule has 0 heterocycles. The van der Waals surface area contributed by atoms with Gasteiger partial charge in [0, 0.05) is 0 Å². The summed E-state index contributed by atoms with van der Waals surface area (Å²) in [6.07, 6.45) is 0. The van der Waals surface area contributed by atoms with E-state index in [0.29, 0.717) is 17.1 Å². The number of rotatable bonds is 3. The van der Waals surface area contributed by atoms with Gasteiger partial charge in [0.2, 0.25) is 0 Å². The maximum Gasteiger partial charge on any atom is 0.162 e. The fraction of sp³-hybridized carbons (Fsp3) is 0.167. The lowest BCUT2D eigenvalue weighted by molar-refractivity contribution is 0.850. The van der Waals surface area contributed by atoms with Crippen LogP contribution in [0.4, 0.5) is 0 Å². The van der Waals surface area contributed by atoms with Crippen molar-refractivity contribution >= 4 is 6.72 Å². The molecule has 0 spiro atoms. The third-order valence-electron chi connectivity index (χ3n) is 1.01. The molecule has 0 unspecified atom stereocenters. The van der Waals surface area contributed by atoms with Gasteiger partial charge in [0.05, 0.1) is 5.70 Å². The van der Waals surface area contributed by atoms with Gasteiger partial charge in [0.15, 0.2) is 5.82 Å². The van der Waals surface area contributed by atoms with E-state index in [9.17, 15) is 0 Å². The van der Waals surface area contributed by atoms with E-state index in [1.807, 2.05) is 0 Å². The molecule has 0 saturated heterocycles. The second-order valence-corrected chi connectivity index (χ2v) is 1.85. The summed E-state index contributed by atoms with van der Waals surface area (Å²) in [6, 6.07) is 0. The van der Waals surface area contributed by atoms with Crippen molar-refractivity contribution in [2.45, 2.75) is 6.92 Å². The van der Waals surface area contributed by atoms with Crippen LogP contribution in [0.25, 0.3) is 0 Å². The molecule has 0 radical (unpaired) electrons. The largest absolute Gasteiger partial charge is 0.396 e. The van der Waals surface area contributed by atoms with Gasteiger partial charge < -0.3 is 11.2 Å². The van der Waals surface area contributed by atoms with E-state index < -0.39 is 0 Å². The van der Waals surface area contributed by atoms with Crippen LogP contribution in [0.5, 0.6) is 0 Å². The number of hydrazine groups is 1. The van der Waals surface area contributed by atoms with E-state index in [0.717, 1.165) is 0 Å². The van der Waals surface area contributed by atoms with Gasteiger partial charge in [-0.15, -0.1) is 0 Å². The Kier molecular flexibility index (Phi) is 3.21. The van der Waals surface area contributed by atoms with Gasteiger partial charge in [-0.05, 0) is 19.2 Å². The Hall–Kier alpha value is -1.29. The predicted octanol–water partition coefficient (Wildman–Crippen LogP) is -0.146. The third kappa shape index (κ3) is 1.91. The number of nitrogens with two attached hydrogens (primary N) is 2. The number of aliphatic imine (C=N–C) groups is 1. The lowest BCUT2D eigenvalue weighted by atomic mass is 10.2. The minimum absolute atomic E-state index is 0.354. The molecule has 0 aliphatic rings. The minimum atomic E-state index is 0.354. The standard InChI is InChI=1S/C6H12N4/c1-4(2)5(7)6(9-3)10-8/h10H,1,3,7-8H2,2H3/b6-5-. The maximum absolute atomic E-state index is 5.49. The Morgan fingerprint density at radius 3 is 2.20 bits per heavy atom. The van der Waals surface area contributed by atoms with Gasteiger partial charge in [-0.3, -0.25) is 0 Å². The van der Waals surface area contributed by atoms with E-state index >= 15 is 0 Å². The van der Waals surface area contributed by atoms with E-state index in [1.165, 1.54) is 0 Å². The molecule has 0 aromatic carbocycles. The second kappa shape index (κ2) is 3.68. The van der Waals surface area contributed by atoms with Crippen LogP contribution in [-0.2, 0) is 0 Å². The van der Waals surface area contributed by atoms with Crippen molar-refractivity contribution in [2.24, 2.45) is 16.6 Å². The number of nitrogens with one attached hydrogen (secondary N) is 1. The first-order chi connectivity index (χ1) is 4.63. The van der Waals surface area contributed by atoms with Crippen molar-refractivity contribution in [2.75, 3.05) is 0 Å². The first kappa shape index (κ1) is 8.71. The normalized spacial score (nSPS) is 11.8. The van der Waals surface area contributed by atoms with Gasteiger partial charge in [0.25, 0.3) is 0 Å². The highest BCUT2D eigenvalue weighted by Crippen LogP contribution is 2.03. The fourth-order valence-electron chi connectivity index (χ4n) is 0.411. The molecule has 5 N–H and O–H groups in total.